The number of nitrogens with one attached hydrogen (secondary N) is 3. The van der Waals surface area contributed by atoms with E-state index in [0.717, 1.165) is 16.8 Å². The molecule has 2 aromatic carbocycles. The first-order valence-electron chi connectivity index (χ1n) is 10.8. The Balaban J connectivity index is 1.56. The van der Waals surface area contributed by atoms with Gasteiger partial charge in [0.15, 0.2) is 17.3 Å². The fourth-order valence-electron chi connectivity index (χ4n) is 5.32. The number of methoxy groups -OCH3 is 2. The Morgan fingerprint density at radius 1 is 1.00 bits per heavy atom. The van der Waals surface area contributed by atoms with Crippen molar-refractivity contribution in [2.45, 2.75) is 37.1 Å². The number of carbonyl (C=O) groups is 1. The Hall–Kier alpha value is -2.29. The molecule has 1 fully saturated rings. The smallest absolute Gasteiger partial charge is 0.161 e. The second-order valence-electron chi connectivity index (χ2n) is 8.61. The van der Waals surface area contributed by atoms with Crippen molar-refractivity contribution in [2.24, 2.45) is 5.92 Å². The van der Waals surface area contributed by atoms with E-state index in [-0.39, 0.29) is 29.7 Å². The Morgan fingerprint density at radius 2 is 1.79 bits per heavy atom. The van der Waals surface area contributed by atoms with E-state index < -0.39 is 6.23 Å². The molecule has 2 heterocycles. The first-order chi connectivity index (χ1) is 15.9. The number of Topliss-reactive ketones (excluding diaryl/α,β-unsaturated/α-hetero) is 1. The lowest BCUT2D eigenvalue weighted by molar-refractivity contribution is -0.117. The molecular formula is C24H25Cl2N3O4. The number of hydrogen-bond acceptors (Lipinski definition) is 7. The molecule has 7 nitrogen and oxygen atoms in total. The number of fused-ring (bicyclic) bond motifs is 1. The lowest BCUT2D eigenvalue weighted by Gasteiger charge is -2.42. The first-order valence-corrected chi connectivity index (χ1v) is 11.6. The highest BCUT2D eigenvalue weighted by molar-refractivity contribution is 6.35. The van der Waals surface area contributed by atoms with Gasteiger partial charge in [0.05, 0.1) is 20.4 Å². The summed E-state index contributed by atoms with van der Waals surface area (Å²) in [6.07, 6.45) is -0.0946. The molecule has 3 aliphatic rings. The summed E-state index contributed by atoms with van der Waals surface area (Å²) < 4.78 is 10.8. The van der Waals surface area contributed by atoms with Crippen molar-refractivity contribution in [3.05, 3.63) is 68.8 Å². The number of aliphatic hydroxyl groups is 1. The van der Waals surface area contributed by atoms with E-state index in [0.29, 0.717) is 40.0 Å². The lowest BCUT2D eigenvalue weighted by atomic mass is 9.69. The van der Waals surface area contributed by atoms with Gasteiger partial charge in [0, 0.05) is 39.6 Å². The number of rotatable bonds is 4. The molecule has 174 valence electrons. The van der Waals surface area contributed by atoms with Crippen LogP contribution in [0.5, 0.6) is 11.5 Å². The van der Waals surface area contributed by atoms with E-state index in [4.69, 9.17) is 32.7 Å². The normalized spacial score (nSPS) is 28.8. The Morgan fingerprint density at radius 3 is 2.52 bits per heavy atom. The highest BCUT2D eigenvalue weighted by Gasteiger charge is 2.50. The van der Waals surface area contributed by atoms with Crippen LogP contribution < -0.4 is 25.6 Å². The maximum Gasteiger partial charge on any atom is 0.161 e. The van der Waals surface area contributed by atoms with Gasteiger partial charge in [-0.3, -0.25) is 4.79 Å². The van der Waals surface area contributed by atoms with Crippen molar-refractivity contribution < 1.29 is 19.4 Å². The summed E-state index contributed by atoms with van der Waals surface area (Å²) in [5.74, 6) is 0.623. The van der Waals surface area contributed by atoms with E-state index in [9.17, 15) is 9.90 Å². The molecule has 1 saturated heterocycles. The number of carbonyl (C=O) groups excluding carboxylic acids is 1. The fraction of sp³-hybridized carbons (Fsp3) is 0.375. The summed E-state index contributed by atoms with van der Waals surface area (Å²) >= 11 is 12.7. The van der Waals surface area contributed by atoms with Crippen molar-refractivity contribution in [2.75, 3.05) is 14.2 Å². The van der Waals surface area contributed by atoms with Gasteiger partial charge in [-0.25, -0.2) is 10.9 Å². The number of ether oxygens (including phenoxy) is 2. The Kier molecular flexibility index (Phi) is 6.01. The van der Waals surface area contributed by atoms with Crippen LogP contribution in [0.4, 0.5) is 0 Å². The molecule has 1 aliphatic carbocycles. The molecule has 2 aliphatic heterocycles. The SMILES string of the molecule is COc1ccc([C@H]2CC(=O)C3=C(C2)NC2NNC(O)C2[C@@H]3c2ccc(Cl)cc2Cl)cc1OC. The van der Waals surface area contributed by atoms with Gasteiger partial charge in [-0.2, -0.15) is 0 Å². The van der Waals surface area contributed by atoms with Crippen molar-refractivity contribution >= 4 is 29.0 Å². The summed E-state index contributed by atoms with van der Waals surface area (Å²) in [5.41, 5.74) is 9.35. The number of halogens is 2. The number of hydrogen-bond donors (Lipinski definition) is 4. The highest BCUT2D eigenvalue weighted by Crippen LogP contribution is 2.49. The van der Waals surface area contributed by atoms with E-state index in [1.54, 1.807) is 26.4 Å². The molecule has 9 heteroatoms. The van der Waals surface area contributed by atoms with E-state index in [1.165, 1.54) is 0 Å². The molecule has 0 aromatic heterocycles. The third-order valence-electron chi connectivity index (χ3n) is 6.85. The predicted octanol–water partition coefficient (Wildman–Crippen LogP) is 3.47. The zero-order valence-corrected chi connectivity index (χ0v) is 19.7. The van der Waals surface area contributed by atoms with Crippen LogP contribution in [0.15, 0.2) is 47.7 Å². The standard InChI is InChI=1S/C24H25Cl2N3O4/c1-32-18-6-3-11(9-19(18)33-2)12-7-16-21(17(30)8-12)20(14-5-4-13(25)10-15(14)26)22-23(27-16)28-29-24(22)31/h3-6,9-10,12,20,22-24,27-29,31H,7-8H2,1-2H3/t12-,20-,22?,23?,24?/m1/s1. The fourth-order valence-corrected chi connectivity index (χ4v) is 5.85. The van der Waals surface area contributed by atoms with E-state index >= 15 is 0 Å². The van der Waals surface area contributed by atoms with Gasteiger partial charge >= 0.3 is 0 Å². The lowest BCUT2D eigenvalue weighted by Crippen LogP contribution is -2.51. The van der Waals surface area contributed by atoms with E-state index in [2.05, 4.69) is 16.2 Å². The number of benzene rings is 2. The van der Waals surface area contributed by atoms with Crippen LogP contribution in [0.3, 0.4) is 0 Å². The molecule has 0 bridgehead atoms. The summed E-state index contributed by atoms with van der Waals surface area (Å²) in [7, 11) is 3.20. The van der Waals surface area contributed by atoms with E-state index in [1.807, 2.05) is 24.3 Å². The van der Waals surface area contributed by atoms with Gasteiger partial charge in [0.1, 0.15) is 6.23 Å². The van der Waals surface area contributed by atoms with Crippen LogP contribution in [0.2, 0.25) is 10.0 Å². The van der Waals surface area contributed by atoms with Crippen molar-refractivity contribution in [3.63, 3.8) is 0 Å². The maximum absolute atomic E-state index is 13.6. The molecule has 5 atom stereocenters. The molecule has 5 rings (SSSR count). The third-order valence-corrected chi connectivity index (χ3v) is 7.41. The highest BCUT2D eigenvalue weighted by atomic mass is 35.5. The molecule has 0 saturated carbocycles. The van der Waals surface area contributed by atoms with Crippen LogP contribution in [0.25, 0.3) is 0 Å². The van der Waals surface area contributed by atoms with Crippen molar-refractivity contribution in [3.8, 4) is 11.5 Å². The molecule has 3 unspecified atom stereocenters. The van der Waals surface area contributed by atoms with Gasteiger partial charge in [-0.15, -0.1) is 0 Å². The van der Waals surface area contributed by atoms with Crippen molar-refractivity contribution in [1.82, 2.24) is 16.2 Å². The summed E-state index contributed by atoms with van der Waals surface area (Å²) in [6, 6.07) is 11.1. The number of hydrazine groups is 1. The molecular weight excluding hydrogens is 465 g/mol. The average Bonchev–Trinajstić information content (AvgIpc) is 3.17. The summed E-state index contributed by atoms with van der Waals surface area (Å²) in [4.78, 5) is 13.6. The van der Waals surface area contributed by atoms with Gasteiger partial charge < -0.3 is 19.9 Å². The topological polar surface area (TPSA) is 91.9 Å². The second kappa shape index (κ2) is 8.81. The second-order valence-corrected chi connectivity index (χ2v) is 9.46. The molecule has 0 radical (unpaired) electrons. The maximum atomic E-state index is 13.6. The van der Waals surface area contributed by atoms with Crippen molar-refractivity contribution in [1.29, 1.82) is 0 Å². The largest absolute Gasteiger partial charge is 0.493 e. The van der Waals surface area contributed by atoms with Crippen LogP contribution in [0.1, 0.15) is 35.8 Å². The quantitative estimate of drug-likeness (QED) is 0.522. The first kappa shape index (κ1) is 22.5. The van der Waals surface area contributed by atoms with Crippen LogP contribution in [-0.2, 0) is 4.79 Å². The predicted molar refractivity (Wildman–Crippen MR) is 125 cm³/mol. The zero-order chi connectivity index (χ0) is 23.3. The van der Waals surface area contributed by atoms with Gasteiger partial charge in [0.25, 0.3) is 0 Å². The van der Waals surface area contributed by atoms with Crippen LogP contribution >= 0.6 is 23.2 Å². The molecule has 0 spiro atoms. The molecule has 33 heavy (non-hydrogen) atoms. The third kappa shape index (κ3) is 3.88. The minimum atomic E-state index is -0.843. The van der Waals surface area contributed by atoms with Gasteiger partial charge in [-0.1, -0.05) is 35.3 Å². The van der Waals surface area contributed by atoms with Crippen LogP contribution in [0, 0.1) is 5.92 Å². The number of aliphatic hydroxyl groups excluding tert-OH is 1. The number of allylic oxidation sites excluding steroid dienone is 2. The minimum Gasteiger partial charge on any atom is -0.493 e. The molecule has 2 aromatic rings. The zero-order valence-electron chi connectivity index (χ0n) is 18.2. The molecule has 0 amide bonds. The minimum absolute atomic E-state index is 0.0132. The van der Waals surface area contributed by atoms with Gasteiger partial charge in [-0.05, 0) is 47.7 Å². The van der Waals surface area contributed by atoms with Gasteiger partial charge in [0.2, 0.25) is 0 Å². The monoisotopic (exact) mass is 489 g/mol. The number of ketones is 1. The average molecular weight is 490 g/mol. The van der Waals surface area contributed by atoms with Crippen LogP contribution in [-0.4, -0.2) is 37.5 Å². The summed E-state index contributed by atoms with van der Waals surface area (Å²) in [6.45, 7) is 0. The molecule has 4 N–H and O–H groups in total. The Bertz CT molecular complexity index is 1140. The Labute approximate surface area is 202 Å². The summed E-state index contributed by atoms with van der Waals surface area (Å²) in [5, 5.41) is 15.1.